The molecular weight excluding hydrogens is 186 g/mol. The lowest BCUT2D eigenvalue weighted by atomic mass is 10.1. The van der Waals surface area contributed by atoms with Crippen LogP contribution < -0.4 is 5.73 Å². The quantitative estimate of drug-likeness (QED) is 0.824. The first kappa shape index (κ1) is 9.93. The van der Waals surface area contributed by atoms with Crippen LogP contribution in [0, 0.1) is 6.92 Å². The van der Waals surface area contributed by atoms with Crippen molar-refractivity contribution >= 4 is 0 Å². The number of nitrogens with zero attached hydrogens (tertiary/aromatic N) is 2. The van der Waals surface area contributed by atoms with Crippen LogP contribution >= 0.6 is 0 Å². The van der Waals surface area contributed by atoms with Crippen molar-refractivity contribution in [2.45, 2.75) is 19.5 Å². The summed E-state index contributed by atoms with van der Waals surface area (Å²) >= 11 is 0. The van der Waals surface area contributed by atoms with Crippen molar-refractivity contribution in [2.24, 2.45) is 5.73 Å². The molecule has 1 heterocycles. The molecule has 0 spiro atoms. The van der Waals surface area contributed by atoms with Crippen molar-refractivity contribution in [1.29, 1.82) is 0 Å². The van der Waals surface area contributed by atoms with Crippen molar-refractivity contribution in [1.82, 2.24) is 9.55 Å². The number of hydrogen-bond acceptors (Lipinski definition) is 2. The lowest BCUT2D eigenvalue weighted by Gasteiger charge is -2.12. The first-order valence-corrected chi connectivity index (χ1v) is 5.03. The highest BCUT2D eigenvalue weighted by Crippen LogP contribution is 2.13. The number of imidazole rings is 1. The van der Waals surface area contributed by atoms with E-state index in [1.165, 1.54) is 5.56 Å². The second-order valence-corrected chi connectivity index (χ2v) is 3.78. The summed E-state index contributed by atoms with van der Waals surface area (Å²) in [5.74, 6) is 0. The molecule has 1 aromatic heterocycles. The average Bonchev–Trinajstić information content (AvgIpc) is 2.71. The standard InChI is InChI=1S/C12H15N3/c1-10-2-4-11(5-3-10)12(13)8-15-7-6-14-9-15/h2-7,9,12H,8,13H2,1H3. The van der Waals surface area contributed by atoms with Crippen LogP contribution in [0.3, 0.4) is 0 Å². The van der Waals surface area contributed by atoms with E-state index in [2.05, 4.69) is 36.2 Å². The van der Waals surface area contributed by atoms with Gasteiger partial charge in [-0.1, -0.05) is 29.8 Å². The van der Waals surface area contributed by atoms with Crippen LogP contribution in [0.4, 0.5) is 0 Å². The minimum absolute atomic E-state index is 0.0276. The van der Waals surface area contributed by atoms with E-state index in [0.717, 1.165) is 12.1 Å². The van der Waals surface area contributed by atoms with E-state index >= 15 is 0 Å². The van der Waals surface area contributed by atoms with Crippen LogP contribution in [0.2, 0.25) is 0 Å². The van der Waals surface area contributed by atoms with Crippen LogP contribution in [0.15, 0.2) is 43.0 Å². The maximum atomic E-state index is 6.09. The van der Waals surface area contributed by atoms with Crippen molar-refractivity contribution in [3.8, 4) is 0 Å². The zero-order valence-corrected chi connectivity index (χ0v) is 8.80. The van der Waals surface area contributed by atoms with E-state index in [-0.39, 0.29) is 6.04 Å². The zero-order valence-electron chi connectivity index (χ0n) is 8.80. The van der Waals surface area contributed by atoms with Gasteiger partial charge in [0, 0.05) is 25.0 Å². The van der Waals surface area contributed by atoms with E-state index in [1.807, 2.05) is 10.8 Å². The predicted octanol–water partition coefficient (Wildman–Crippen LogP) is 1.89. The Morgan fingerprint density at radius 3 is 2.67 bits per heavy atom. The number of hydrogen-bond donors (Lipinski definition) is 1. The van der Waals surface area contributed by atoms with Gasteiger partial charge in [-0.2, -0.15) is 0 Å². The number of nitrogens with two attached hydrogens (primary N) is 1. The minimum atomic E-state index is 0.0276. The van der Waals surface area contributed by atoms with Crippen LogP contribution in [0.25, 0.3) is 0 Å². The number of rotatable bonds is 3. The summed E-state index contributed by atoms with van der Waals surface area (Å²) in [5, 5.41) is 0. The van der Waals surface area contributed by atoms with Gasteiger partial charge in [-0.25, -0.2) is 4.98 Å². The molecule has 1 atom stereocenters. The lowest BCUT2D eigenvalue weighted by Crippen LogP contribution is -2.16. The van der Waals surface area contributed by atoms with Crippen molar-refractivity contribution in [3.63, 3.8) is 0 Å². The van der Waals surface area contributed by atoms with Gasteiger partial charge in [-0.15, -0.1) is 0 Å². The Morgan fingerprint density at radius 1 is 1.33 bits per heavy atom. The molecule has 0 radical (unpaired) electrons. The van der Waals surface area contributed by atoms with Gasteiger partial charge >= 0.3 is 0 Å². The second kappa shape index (κ2) is 4.28. The summed E-state index contributed by atoms with van der Waals surface area (Å²) in [4.78, 5) is 3.99. The number of aryl methyl sites for hydroxylation is 1. The van der Waals surface area contributed by atoms with E-state index < -0.39 is 0 Å². The van der Waals surface area contributed by atoms with Gasteiger partial charge in [-0.3, -0.25) is 0 Å². The third-order valence-corrected chi connectivity index (χ3v) is 2.47. The van der Waals surface area contributed by atoms with E-state index in [1.54, 1.807) is 12.5 Å². The molecule has 0 fully saturated rings. The molecule has 1 unspecified atom stereocenters. The maximum absolute atomic E-state index is 6.09. The highest BCUT2D eigenvalue weighted by Gasteiger charge is 2.05. The molecule has 0 saturated heterocycles. The Hall–Kier alpha value is -1.61. The Morgan fingerprint density at radius 2 is 2.07 bits per heavy atom. The molecule has 0 aliphatic carbocycles. The smallest absolute Gasteiger partial charge is 0.0946 e. The average molecular weight is 201 g/mol. The van der Waals surface area contributed by atoms with Crippen LogP contribution in [0.5, 0.6) is 0 Å². The third kappa shape index (κ3) is 2.44. The number of aromatic nitrogens is 2. The van der Waals surface area contributed by atoms with Gasteiger partial charge in [-0.05, 0) is 12.5 Å². The summed E-state index contributed by atoms with van der Waals surface area (Å²) in [7, 11) is 0. The molecule has 78 valence electrons. The van der Waals surface area contributed by atoms with Crippen LogP contribution in [-0.4, -0.2) is 9.55 Å². The molecule has 0 saturated carbocycles. The van der Waals surface area contributed by atoms with Gasteiger partial charge in [0.1, 0.15) is 0 Å². The van der Waals surface area contributed by atoms with Crippen molar-refractivity contribution in [2.75, 3.05) is 0 Å². The Balaban J connectivity index is 2.08. The Labute approximate surface area is 89.6 Å². The van der Waals surface area contributed by atoms with E-state index in [9.17, 15) is 0 Å². The SMILES string of the molecule is Cc1ccc(C(N)Cn2ccnc2)cc1. The van der Waals surface area contributed by atoms with Gasteiger partial charge in [0.05, 0.1) is 6.33 Å². The molecule has 2 rings (SSSR count). The van der Waals surface area contributed by atoms with Crippen molar-refractivity contribution < 1.29 is 0 Å². The molecule has 0 aliphatic heterocycles. The highest BCUT2D eigenvalue weighted by atomic mass is 15.0. The molecule has 2 N–H and O–H groups in total. The number of benzene rings is 1. The summed E-state index contributed by atoms with van der Waals surface area (Å²) in [6, 6.07) is 8.36. The van der Waals surface area contributed by atoms with Gasteiger partial charge in [0.2, 0.25) is 0 Å². The van der Waals surface area contributed by atoms with Crippen LogP contribution in [0.1, 0.15) is 17.2 Å². The van der Waals surface area contributed by atoms with Gasteiger partial charge in [0.25, 0.3) is 0 Å². The van der Waals surface area contributed by atoms with E-state index in [4.69, 9.17) is 5.73 Å². The lowest BCUT2D eigenvalue weighted by molar-refractivity contribution is 0.576. The largest absolute Gasteiger partial charge is 0.336 e. The zero-order chi connectivity index (χ0) is 10.7. The maximum Gasteiger partial charge on any atom is 0.0946 e. The normalized spacial score (nSPS) is 12.7. The predicted molar refractivity (Wildman–Crippen MR) is 60.3 cm³/mol. The molecule has 0 bridgehead atoms. The minimum Gasteiger partial charge on any atom is -0.336 e. The molecule has 3 nitrogen and oxygen atoms in total. The van der Waals surface area contributed by atoms with Gasteiger partial charge < -0.3 is 10.3 Å². The molecule has 2 aromatic rings. The second-order valence-electron chi connectivity index (χ2n) is 3.78. The Kier molecular flexibility index (Phi) is 2.83. The highest BCUT2D eigenvalue weighted by molar-refractivity contribution is 5.23. The molecule has 0 aliphatic rings. The molecule has 3 heteroatoms. The molecule has 1 aromatic carbocycles. The van der Waals surface area contributed by atoms with E-state index in [0.29, 0.717) is 0 Å². The molecule has 15 heavy (non-hydrogen) atoms. The fourth-order valence-corrected chi connectivity index (χ4v) is 1.54. The molecular formula is C12H15N3. The summed E-state index contributed by atoms with van der Waals surface area (Å²) in [6.07, 6.45) is 5.48. The Bertz CT molecular complexity index is 403. The summed E-state index contributed by atoms with van der Waals surface area (Å²) in [5.41, 5.74) is 8.51. The third-order valence-electron chi connectivity index (χ3n) is 2.47. The van der Waals surface area contributed by atoms with Crippen molar-refractivity contribution in [3.05, 3.63) is 54.1 Å². The van der Waals surface area contributed by atoms with Crippen LogP contribution in [-0.2, 0) is 6.54 Å². The summed E-state index contributed by atoms with van der Waals surface area (Å²) < 4.78 is 1.99. The topological polar surface area (TPSA) is 43.8 Å². The monoisotopic (exact) mass is 201 g/mol. The first-order valence-electron chi connectivity index (χ1n) is 5.03. The fourth-order valence-electron chi connectivity index (χ4n) is 1.54. The summed E-state index contributed by atoms with van der Waals surface area (Å²) in [6.45, 7) is 2.84. The first-order chi connectivity index (χ1) is 7.25. The molecule has 0 amide bonds. The van der Waals surface area contributed by atoms with Gasteiger partial charge in [0.15, 0.2) is 0 Å². The fraction of sp³-hybridized carbons (Fsp3) is 0.250.